The Balaban J connectivity index is 1.45. The van der Waals surface area contributed by atoms with Gasteiger partial charge in [-0.1, -0.05) is 42.5 Å². The summed E-state index contributed by atoms with van der Waals surface area (Å²) < 4.78 is 0. The second-order valence-corrected chi connectivity index (χ2v) is 9.28. The minimum atomic E-state index is 0.186. The van der Waals surface area contributed by atoms with Gasteiger partial charge in [-0.25, -0.2) is 0 Å². The quantitative estimate of drug-likeness (QED) is 0.620. The minimum absolute atomic E-state index is 0.186. The third-order valence-corrected chi connectivity index (χ3v) is 7.42. The van der Waals surface area contributed by atoms with Crippen LogP contribution >= 0.6 is 0 Å². The molecule has 3 atom stereocenters. The molecule has 3 unspecified atom stereocenters. The number of rotatable bonds is 6. The van der Waals surface area contributed by atoms with Gasteiger partial charge in [0, 0.05) is 80.7 Å². The lowest BCUT2D eigenvalue weighted by Gasteiger charge is -2.29. The molecule has 0 spiro atoms. The summed E-state index contributed by atoms with van der Waals surface area (Å²) in [7, 11) is 0. The molecule has 1 amide bonds. The number of carbonyl (C=O) groups excluding carboxylic acids is 1. The first-order chi connectivity index (χ1) is 15.7. The van der Waals surface area contributed by atoms with Crippen LogP contribution < -0.4 is 5.32 Å². The number of aromatic nitrogens is 1. The van der Waals surface area contributed by atoms with E-state index in [2.05, 4.69) is 83.8 Å². The third kappa shape index (κ3) is 3.96. The first-order valence-corrected chi connectivity index (χ1v) is 12.0. The zero-order valence-corrected chi connectivity index (χ0v) is 19.2. The Labute approximate surface area is 190 Å². The van der Waals surface area contributed by atoms with Crippen molar-refractivity contribution in [1.82, 2.24) is 20.1 Å². The predicted molar refractivity (Wildman–Crippen MR) is 130 cm³/mol. The summed E-state index contributed by atoms with van der Waals surface area (Å²) in [5.74, 6) is 0.892. The van der Waals surface area contributed by atoms with E-state index in [0.29, 0.717) is 18.4 Å². The summed E-state index contributed by atoms with van der Waals surface area (Å²) in [6.45, 7) is 9.58. The zero-order valence-electron chi connectivity index (χ0n) is 19.2. The van der Waals surface area contributed by atoms with E-state index in [4.69, 9.17) is 0 Å². The Morgan fingerprint density at radius 2 is 1.84 bits per heavy atom. The number of fused-ring (bicyclic) bond motifs is 2. The number of hydrogen-bond donors (Lipinski definition) is 2. The van der Waals surface area contributed by atoms with Crippen molar-refractivity contribution in [2.45, 2.75) is 44.7 Å². The molecule has 1 saturated heterocycles. The van der Waals surface area contributed by atoms with Crippen LogP contribution in [0.3, 0.4) is 0 Å². The monoisotopic (exact) mass is 430 g/mol. The maximum Gasteiger partial charge on any atom is 0.223 e. The Kier molecular flexibility index (Phi) is 6.03. The highest BCUT2D eigenvalue weighted by Crippen LogP contribution is 2.40. The van der Waals surface area contributed by atoms with Gasteiger partial charge in [0.15, 0.2) is 0 Å². The molecule has 32 heavy (non-hydrogen) atoms. The summed E-state index contributed by atoms with van der Waals surface area (Å²) in [6.07, 6.45) is 2.78. The number of H-pyrrole nitrogens is 1. The molecule has 3 heterocycles. The molecule has 0 bridgehead atoms. The maximum absolute atomic E-state index is 13.0. The van der Waals surface area contributed by atoms with E-state index in [1.165, 1.54) is 27.6 Å². The van der Waals surface area contributed by atoms with E-state index < -0.39 is 0 Å². The van der Waals surface area contributed by atoms with E-state index in [9.17, 15) is 4.79 Å². The number of likely N-dealkylation sites (tertiary alicyclic amines) is 1. The first-order valence-electron chi connectivity index (χ1n) is 12.0. The molecular formula is C27H34N4O. The van der Waals surface area contributed by atoms with Gasteiger partial charge in [0.25, 0.3) is 0 Å². The largest absolute Gasteiger partial charge is 0.361 e. The molecular weight excluding hydrogens is 396 g/mol. The average Bonchev–Trinajstić information content (AvgIpc) is 3.40. The van der Waals surface area contributed by atoms with Crippen molar-refractivity contribution >= 4 is 16.8 Å². The summed E-state index contributed by atoms with van der Waals surface area (Å²) in [6, 6.07) is 17.7. The predicted octanol–water partition coefficient (Wildman–Crippen LogP) is 4.08. The third-order valence-electron chi connectivity index (χ3n) is 7.42. The number of nitrogens with one attached hydrogen (secondary N) is 2. The Morgan fingerprint density at radius 1 is 1.03 bits per heavy atom. The van der Waals surface area contributed by atoms with Crippen LogP contribution in [-0.4, -0.2) is 59.5 Å². The van der Waals surface area contributed by atoms with Crippen molar-refractivity contribution in [2.24, 2.45) is 0 Å². The molecule has 3 aromatic rings. The van der Waals surface area contributed by atoms with Crippen molar-refractivity contribution in [3.05, 3.63) is 71.4 Å². The van der Waals surface area contributed by atoms with Crippen molar-refractivity contribution in [3.63, 3.8) is 0 Å². The maximum atomic E-state index is 13.0. The molecule has 2 N–H and O–H groups in total. The van der Waals surface area contributed by atoms with E-state index in [-0.39, 0.29) is 11.8 Å². The Morgan fingerprint density at radius 3 is 2.62 bits per heavy atom. The van der Waals surface area contributed by atoms with Crippen LogP contribution in [0.1, 0.15) is 48.8 Å². The number of carbonyl (C=O) groups is 1. The van der Waals surface area contributed by atoms with E-state index in [1.54, 1.807) is 0 Å². The lowest BCUT2D eigenvalue weighted by molar-refractivity contribution is -0.131. The van der Waals surface area contributed by atoms with E-state index in [0.717, 1.165) is 39.3 Å². The van der Waals surface area contributed by atoms with Crippen molar-refractivity contribution in [1.29, 1.82) is 0 Å². The highest BCUT2D eigenvalue weighted by atomic mass is 16.2. The lowest BCUT2D eigenvalue weighted by atomic mass is 9.84. The normalized spacial score (nSPS) is 23.0. The lowest BCUT2D eigenvalue weighted by Crippen LogP contribution is -2.40. The number of nitrogens with zero attached hydrogens (tertiary/aromatic N) is 2. The Bertz CT molecular complexity index is 1070. The number of hydrogen-bond acceptors (Lipinski definition) is 3. The fraction of sp³-hybridized carbons (Fsp3) is 0.444. The summed E-state index contributed by atoms with van der Waals surface area (Å²) in [5, 5.41) is 5.23. The molecule has 5 rings (SSSR count). The SMILES string of the molecule is CCN(CC)C(=O)CC1CNC2CN(Cc3ccccc3)CC2c2c[nH]c3cccc1c23. The fourth-order valence-corrected chi connectivity index (χ4v) is 5.75. The molecule has 0 aliphatic carbocycles. The molecule has 5 nitrogen and oxygen atoms in total. The fourth-order valence-electron chi connectivity index (χ4n) is 5.75. The van der Waals surface area contributed by atoms with Crippen molar-refractivity contribution in [2.75, 3.05) is 32.7 Å². The molecule has 5 heteroatoms. The van der Waals surface area contributed by atoms with Crippen LogP contribution in [-0.2, 0) is 11.3 Å². The number of aromatic amines is 1. The number of amides is 1. The van der Waals surface area contributed by atoms with Crippen LogP contribution in [0.4, 0.5) is 0 Å². The topological polar surface area (TPSA) is 51.4 Å². The molecule has 0 saturated carbocycles. The van der Waals surface area contributed by atoms with Crippen LogP contribution in [0.2, 0.25) is 0 Å². The Hall–Kier alpha value is -2.63. The summed E-state index contributed by atoms with van der Waals surface area (Å²) in [4.78, 5) is 21.1. The standard InChI is InChI=1S/C27H34N4O/c1-3-31(4-2)26(32)13-20-14-28-25-18-30(16-19-9-6-5-7-10-19)17-23(25)22-15-29-24-12-8-11-21(20)27(22)24/h5-12,15,20,23,25,28-29H,3-4,13-14,16-18H2,1-2H3. The highest BCUT2D eigenvalue weighted by molar-refractivity contribution is 5.89. The number of benzene rings is 2. The van der Waals surface area contributed by atoms with Gasteiger partial charge in [0.1, 0.15) is 0 Å². The van der Waals surface area contributed by atoms with E-state index >= 15 is 0 Å². The summed E-state index contributed by atoms with van der Waals surface area (Å²) >= 11 is 0. The van der Waals surface area contributed by atoms with Gasteiger partial charge in [0.2, 0.25) is 5.91 Å². The molecule has 2 aliphatic heterocycles. The van der Waals surface area contributed by atoms with Crippen LogP contribution in [0.25, 0.3) is 10.9 Å². The van der Waals surface area contributed by atoms with Gasteiger partial charge in [-0.2, -0.15) is 0 Å². The smallest absolute Gasteiger partial charge is 0.223 e. The van der Waals surface area contributed by atoms with Gasteiger partial charge in [-0.05, 0) is 36.6 Å². The molecule has 1 aromatic heterocycles. The van der Waals surface area contributed by atoms with Crippen molar-refractivity contribution < 1.29 is 4.79 Å². The van der Waals surface area contributed by atoms with Crippen LogP contribution in [0.5, 0.6) is 0 Å². The van der Waals surface area contributed by atoms with Gasteiger partial charge >= 0.3 is 0 Å². The highest BCUT2D eigenvalue weighted by Gasteiger charge is 2.38. The van der Waals surface area contributed by atoms with Crippen LogP contribution in [0, 0.1) is 0 Å². The average molecular weight is 431 g/mol. The molecule has 0 radical (unpaired) electrons. The minimum Gasteiger partial charge on any atom is -0.361 e. The molecule has 1 fully saturated rings. The second kappa shape index (κ2) is 9.08. The summed E-state index contributed by atoms with van der Waals surface area (Å²) in [5.41, 5.74) is 5.28. The second-order valence-electron chi connectivity index (χ2n) is 9.28. The molecule has 168 valence electrons. The first kappa shape index (κ1) is 21.2. The zero-order chi connectivity index (χ0) is 22.1. The van der Waals surface area contributed by atoms with Gasteiger partial charge in [0.05, 0.1) is 0 Å². The van der Waals surface area contributed by atoms with Gasteiger partial charge < -0.3 is 15.2 Å². The van der Waals surface area contributed by atoms with E-state index in [1.807, 2.05) is 4.90 Å². The van der Waals surface area contributed by atoms with Gasteiger partial charge in [-0.15, -0.1) is 0 Å². The molecule has 2 aromatic carbocycles. The van der Waals surface area contributed by atoms with Crippen molar-refractivity contribution in [3.8, 4) is 0 Å². The van der Waals surface area contributed by atoms with Gasteiger partial charge in [-0.3, -0.25) is 9.69 Å². The molecule has 2 aliphatic rings. The van der Waals surface area contributed by atoms with Crippen LogP contribution in [0.15, 0.2) is 54.7 Å².